The van der Waals surface area contributed by atoms with Gasteiger partial charge >= 0.3 is 0 Å². The molecule has 0 aliphatic carbocycles. The van der Waals surface area contributed by atoms with E-state index in [4.69, 9.17) is 0 Å². The predicted molar refractivity (Wildman–Crippen MR) is 76.4 cm³/mol. The van der Waals surface area contributed by atoms with Crippen molar-refractivity contribution < 1.29 is 4.79 Å². The Morgan fingerprint density at radius 2 is 2.22 bits per heavy atom. The quantitative estimate of drug-likeness (QED) is 0.595. The van der Waals surface area contributed by atoms with Gasteiger partial charge < -0.3 is 4.90 Å². The van der Waals surface area contributed by atoms with E-state index in [2.05, 4.69) is 30.5 Å². The molecule has 2 nitrogen and oxygen atoms in total. The summed E-state index contributed by atoms with van der Waals surface area (Å²) >= 11 is 0. The maximum atomic E-state index is 11.4. The van der Waals surface area contributed by atoms with Crippen LogP contribution in [0.3, 0.4) is 0 Å². The van der Waals surface area contributed by atoms with Crippen molar-refractivity contribution in [1.82, 2.24) is 0 Å². The van der Waals surface area contributed by atoms with Crippen LogP contribution in [0.25, 0.3) is 0 Å². The topological polar surface area (TPSA) is 20.3 Å². The number of fused-ring (bicyclic) bond motifs is 1. The summed E-state index contributed by atoms with van der Waals surface area (Å²) in [5.41, 5.74) is 4.67. The van der Waals surface area contributed by atoms with Crippen molar-refractivity contribution in [3.63, 3.8) is 0 Å². The Morgan fingerprint density at radius 1 is 1.44 bits per heavy atom. The van der Waals surface area contributed by atoms with Crippen LogP contribution < -0.4 is 4.90 Å². The van der Waals surface area contributed by atoms with Gasteiger partial charge in [-0.1, -0.05) is 19.1 Å². The predicted octanol–water partition coefficient (Wildman–Crippen LogP) is 3.61. The van der Waals surface area contributed by atoms with Gasteiger partial charge in [-0.2, -0.15) is 0 Å². The molecule has 0 N–H and O–H groups in total. The molecule has 0 amide bonds. The first kappa shape index (κ1) is 12.9. The van der Waals surface area contributed by atoms with Crippen molar-refractivity contribution in [2.24, 2.45) is 0 Å². The molecular formula is C16H21NO. The summed E-state index contributed by atoms with van der Waals surface area (Å²) in [5, 5.41) is 0. The second kappa shape index (κ2) is 5.38. The molecule has 1 heterocycles. The first-order valence-corrected chi connectivity index (χ1v) is 6.67. The average Bonchev–Trinajstić information content (AvgIpc) is 2.38. The molecule has 1 aliphatic rings. The molecule has 1 aromatic rings. The van der Waals surface area contributed by atoms with Crippen molar-refractivity contribution in [2.45, 2.75) is 33.1 Å². The van der Waals surface area contributed by atoms with Crippen LogP contribution in [0.1, 0.15) is 42.6 Å². The lowest BCUT2D eigenvalue weighted by molar-refractivity contribution is 0.101. The van der Waals surface area contributed by atoms with Crippen molar-refractivity contribution in [2.75, 3.05) is 18.0 Å². The summed E-state index contributed by atoms with van der Waals surface area (Å²) in [6.45, 7) is 9.88. The Hall–Kier alpha value is -1.57. The van der Waals surface area contributed by atoms with Gasteiger partial charge in [-0.3, -0.25) is 4.79 Å². The van der Waals surface area contributed by atoms with Crippen LogP contribution in [-0.4, -0.2) is 18.9 Å². The van der Waals surface area contributed by atoms with Crippen LogP contribution in [0.2, 0.25) is 0 Å². The third kappa shape index (κ3) is 2.63. The maximum Gasteiger partial charge on any atom is 0.159 e. The summed E-state index contributed by atoms with van der Waals surface area (Å²) in [4.78, 5) is 13.8. The van der Waals surface area contributed by atoms with Crippen molar-refractivity contribution in [3.8, 4) is 0 Å². The Labute approximate surface area is 109 Å². The number of nitrogens with zero attached hydrogens (tertiary/aromatic N) is 1. The monoisotopic (exact) mass is 243 g/mol. The zero-order valence-electron chi connectivity index (χ0n) is 11.3. The van der Waals surface area contributed by atoms with Crippen LogP contribution in [0.15, 0.2) is 30.4 Å². The number of rotatable bonds is 4. The molecule has 0 bridgehead atoms. The molecule has 0 spiro atoms. The summed E-state index contributed by atoms with van der Waals surface area (Å²) in [6, 6.07) is 6.08. The van der Waals surface area contributed by atoms with E-state index in [1.54, 1.807) is 6.92 Å². The number of anilines is 1. The van der Waals surface area contributed by atoms with E-state index in [1.807, 2.05) is 6.07 Å². The summed E-state index contributed by atoms with van der Waals surface area (Å²) < 4.78 is 0. The lowest BCUT2D eigenvalue weighted by Crippen LogP contribution is -2.31. The van der Waals surface area contributed by atoms with Crippen LogP contribution in [0.4, 0.5) is 5.69 Å². The number of carbonyl (C=O) groups is 1. The number of ketones is 1. The highest BCUT2D eigenvalue weighted by Crippen LogP contribution is 2.28. The van der Waals surface area contributed by atoms with E-state index in [1.165, 1.54) is 16.8 Å². The molecule has 0 atom stereocenters. The minimum absolute atomic E-state index is 0.146. The average molecular weight is 243 g/mol. The largest absolute Gasteiger partial charge is 0.367 e. The Kier molecular flexibility index (Phi) is 3.85. The molecule has 1 aliphatic heterocycles. The van der Waals surface area contributed by atoms with Gasteiger partial charge in [0.1, 0.15) is 0 Å². The maximum absolute atomic E-state index is 11.4. The van der Waals surface area contributed by atoms with Crippen molar-refractivity contribution in [3.05, 3.63) is 41.5 Å². The fraction of sp³-hybridized carbons (Fsp3) is 0.438. The molecule has 0 radical (unpaired) electrons. The van der Waals surface area contributed by atoms with Gasteiger partial charge in [0.25, 0.3) is 0 Å². The first-order chi connectivity index (χ1) is 8.61. The molecule has 0 aromatic heterocycles. The molecule has 2 rings (SSSR count). The first-order valence-electron chi connectivity index (χ1n) is 6.67. The van der Waals surface area contributed by atoms with Gasteiger partial charge in [0.15, 0.2) is 5.78 Å². The molecule has 1 aromatic carbocycles. The number of aryl methyl sites for hydroxylation is 1. The molecule has 2 heteroatoms. The molecule has 96 valence electrons. The highest BCUT2D eigenvalue weighted by molar-refractivity contribution is 5.94. The van der Waals surface area contributed by atoms with E-state index in [9.17, 15) is 4.79 Å². The summed E-state index contributed by atoms with van der Waals surface area (Å²) in [5.74, 6) is 0.146. The molecule has 0 saturated carbocycles. The standard InChI is InChI=1S/C16H21NO/c1-4-12(2)11-17-9-5-6-15-10-14(13(3)18)7-8-16(15)17/h7-8,10H,2,4-6,9,11H2,1,3H3. The fourth-order valence-corrected chi connectivity index (χ4v) is 2.44. The molecule has 18 heavy (non-hydrogen) atoms. The number of hydrogen-bond acceptors (Lipinski definition) is 2. The van der Waals surface area contributed by atoms with Gasteiger partial charge in [0, 0.05) is 24.3 Å². The van der Waals surface area contributed by atoms with Crippen molar-refractivity contribution in [1.29, 1.82) is 0 Å². The van der Waals surface area contributed by atoms with Gasteiger partial charge in [-0.15, -0.1) is 0 Å². The van der Waals surface area contributed by atoms with Gasteiger partial charge in [0.05, 0.1) is 0 Å². The van der Waals surface area contributed by atoms with Crippen LogP contribution in [0.5, 0.6) is 0 Å². The second-order valence-electron chi connectivity index (χ2n) is 5.03. The van der Waals surface area contributed by atoms with Gasteiger partial charge in [-0.05, 0) is 49.9 Å². The van der Waals surface area contributed by atoms with E-state index >= 15 is 0 Å². The van der Waals surface area contributed by atoms with E-state index < -0.39 is 0 Å². The number of Topliss-reactive ketones (excluding diaryl/α,β-unsaturated/α-hetero) is 1. The van der Waals surface area contributed by atoms with E-state index in [-0.39, 0.29) is 5.78 Å². The minimum Gasteiger partial charge on any atom is -0.367 e. The Balaban J connectivity index is 2.27. The lowest BCUT2D eigenvalue weighted by Gasteiger charge is -2.32. The molecular weight excluding hydrogens is 222 g/mol. The molecule has 0 unspecified atom stereocenters. The highest BCUT2D eigenvalue weighted by atomic mass is 16.1. The lowest BCUT2D eigenvalue weighted by atomic mass is 9.97. The molecule has 0 fully saturated rings. The normalized spacial score (nSPS) is 14.2. The Bertz CT molecular complexity index is 476. The van der Waals surface area contributed by atoms with Crippen LogP contribution in [0, 0.1) is 0 Å². The zero-order chi connectivity index (χ0) is 13.1. The van der Waals surface area contributed by atoms with E-state index in [0.29, 0.717) is 0 Å². The Morgan fingerprint density at radius 3 is 2.89 bits per heavy atom. The third-order valence-electron chi connectivity index (χ3n) is 3.62. The van der Waals surface area contributed by atoms with Crippen LogP contribution >= 0.6 is 0 Å². The second-order valence-corrected chi connectivity index (χ2v) is 5.03. The van der Waals surface area contributed by atoms with Gasteiger partial charge in [0.2, 0.25) is 0 Å². The van der Waals surface area contributed by atoms with Gasteiger partial charge in [-0.25, -0.2) is 0 Å². The number of carbonyl (C=O) groups excluding carboxylic acids is 1. The highest BCUT2D eigenvalue weighted by Gasteiger charge is 2.17. The fourth-order valence-electron chi connectivity index (χ4n) is 2.44. The van der Waals surface area contributed by atoms with Crippen molar-refractivity contribution >= 4 is 11.5 Å². The number of hydrogen-bond donors (Lipinski definition) is 0. The zero-order valence-corrected chi connectivity index (χ0v) is 11.3. The minimum atomic E-state index is 0.146. The summed E-state index contributed by atoms with van der Waals surface area (Å²) in [6.07, 6.45) is 3.26. The van der Waals surface area contributed by atoms with Crippen LogP contribution in [-0.2, 0) is 6.42 Å². The molecule has 0 saturated heterocycles. The summed E-state index contributed by atoms with van der Waals surface area (Å²) in [7, 11) is 0. The number of benzene rings is 1. The van der Waals surface area contributed by atoms with E-state index in [0.717, 1.165) is 37.9 Å². The SMILES string of the molecule is C=C(CC)CN1CCCc2cc(C(C)=O)ccc21. The smallest absolute Gasteiger partial charge is 0.159 e. The third-order valence-corrected chi connectivity index (χ3v) is 3.62.